The zero-order chi connectivity index (χ0) is 13.5. The molecule has 2 aliphatic heterocycles. The highest BCUT2D eigenvalue weighted by atomic mass is 16.2. The van der Waals surface area contributed by atoms with E-state index in [2.05, 4.69) is 17.4 Å². The Morgan fingerprint density at radius 2 is 1.70 bits per heavy atom. The Labute approximate surface area is 118 Å². The lowest BCUT2D eigenvalue weighted by atomic mass is 10.0. The highest BCUT2D eigenvalue weighted by molar-refractivity contribution is 5.98. The van der Waals surface area contributed by atoms with E-state index in [-0.39, 0.29) is 5.91 Å². The Morgan fingerprint density at radius 1 is 1.00 bits per heavy atom. The molecule has 2 heterocycles. The number of hydrogen-bond acceptors (Lipinski definition) is 2. The van der Waals surface area contributed by atoms with Gasteiger partial charge in [0.15, 0.2) is 0 Å². The first-order chi connectivity index (χ1) is 9.81. The predicted molar refractivity (Wildman–Crippen MR) is 79.7 cm³/mol. The largest absolute Gasteiger partial charge is 0.338 e. The van der Waals surface area contributed by atoms with Crippen LogP contribution >= 0.6 is 0 Å². The van der Waals surface area contributed by atoms with Crippen molar-refractivity contribution in [1.29, 1.82) is 0 Å². The van der Waals surface area contributed by atoms with Crippen LogP contribution in [0.15, 0.2) is 42.5 Å². The van der Waals surface area contributed by atoms with Gasteiger partial charge in [0, 0.05) is 31.7 Å². The summed E-state index contributed by atoms with van der Waals surface area (Å²) in [6.07, 6.45) is 0. The molecule has 1 amide bonds. The second-order valence-corrected chi connectivity index (χ2v) is 5.95. The van der Waals surface area contributed by atoms with E-state index in [9.17, 15) is 4.79 Å². The van der Waals surface area contributed by atoms with Crippen LogP contribution in [0.4, 0.5) is 0 Å². The van der Waals surface area contributed by atoms with Gasteiger partial charge in [0.2, 0.25) is 0 Å². The van der Waals surface area contributed by atoms with Gasteiger partial charge >= 0.3 is 0 Å². The van der Waals surface area contributed by atoms with Crippen LogP contribution in [0, 0.1) is 11.8 Å². The average Bonchev–Trinajstić information content (AvgIpc) is 3.07. The van der Waals surface area contributed by atoms with Gasteiger partial charge in [-0.25, -0.2) is 0 Å². The van der Waals surface area contributed by atoms with Gasteiger partial charge < -0.3 is 10.2 Å². The predicted octanol–water partition coefficient (Wildman–Crippen LogP) is 2.13. The molecule has 0 aromatic heterocycles. The summed E-state index contributed by atoms with van der Waals surface area (Å²) in [5.74, 6) is 1.49. The van der Waals surface area contributed by atoms with Crippen LogP contribution in [0.25, 0.3) is 10.8 Å². The number of nitrogens with zero attached hydrogens (tertiary/aromatic N) is 1. The summed E-state index contributed by atoms with van der Waals surface area (Å²) in [7, 11) is 0. The van der Waals surface area contributed by atoms with Crippen molar-refractivity contribution >= 4 is 16.7 Å². The second kappa shape index (κ2) is 4.60. The molecular weight excluding hydrogens is 248 g/mol. The number of amides is 1. The molecular formula is C17H18N2O. The maximum atomic E-state index is 12.6. The van der Waals surface area contributed by atoms with Crippen LogP contribution in [0.5, 0.6) is 0 Å². The Morgan fingerprint density at radius 3 is 2.45 bits per heavy atom. The normalized spacial score (nSPS) is 25.1. The summed E-state index contributed by atoms with van der Waals surface area (Å²) < 4.78 is 0. The number of rotatable bonds is 1. The topological polar surface area (TPSA) is 32.3 Å². The van der Waals surface area contributed by atoms with Gasteiger partial charge in [0.05, 0.1) is 0 Å². The Bertz CT molecular complexity index is 655. The van der Waals surface area contributed by atoms with Gasteiger partial charge in [-0.05, 0) is 34.7 Å². The first kappa shape index (κ1) is 11.9. The van der Waals surface area contributed by atoms with Gasteiger partial charge in [-0.3, -0.25) is 4.79 Å². The lowest BCUT2D eigenvalue weighted by Crippen LogP contribution is -2.31. The molecule has 0 spiro atoms. The number of likely N-dealkylation sites (tertiary alicyclic amines) is 1. The SMILES string of the molecule is O=C(c1ccc2ccccc2c1)N1C[C@H]2CNC[C@H]2C1. The van der Waals surface area contributed by atoms with Crippen molar-refractivity contribution in [2.75, 3.05) is 26.2 Å². The third-order valence-electron chi connectivity index (χ3n) is 4.67. The monoisotopic (exact) mass is 266 g/mol. The van der Waals surface area contributed by atoms with E-state index >= 15 is 0 Å². The van der Waals surface area contributed by atoms with Crippen molar-refractivity contribution in [3.05, 3.63) is 48.0 Å². The molecule has 1 N–H and O–H groups in total. The summed E-state index contributed by atoms with van der Waals surface area (Å²) in [6, 6.07) is 14.2. The summed E-state index contributed by atoms with van der Waals surface area (Å²) in [5, 5.41) is 5.73. The van der Waals surface area contributed by atoms with Gasteiger partial charge in [-0.2, -0.15) is 0 Å². The maximum Gasteiger partial charge on any atom is 0.253 e. The van der Waals surface area contributed by atoms with Crippen molar-refractivity contribution in [1.82, 2.24) is 10.2 Å². The quantitative estimate of drug-likeness (QED) is 0.857. The lowest BCUT2D eigenvalue weighted by Gasteiger charge is -2.17. The number of hydrogen-bond donors (Lipinski definition) is 1. The number of nitrogens with one attached hydrogen (secondary N) is 1. The second-order valence-electron chi connectivity index (χ2n) is 5.95. The van der Waals surface area contributed by atoms with Crippen LogP contribution in [-0.4, -0.2) is 37.0 Å². The minimum atomic E-state index is 0.185. The molecule has 102 valence electrons. The van der Waals surface area contributed by atoms with Crippen LogP contribution in [-0.2, 0) is 0 Å². The fraction of sp³-hybridized carbons (Fsp3) is 0.353. The number of fused-ring (bicyclic) bond motifs is 2. The van der Waals surface area contributed by atoms with E-state index in [4.69, 9.17) is 0 Å². The average molecular weight is 266 g/mol. The summed E-state index contributed by atoms with van der Waals surface area (Å²) in [4.78, 5) is 14.7. The molecule has 0 saturated carbocycles. The number of carbonyl (C=O) groups is 1. The van der Waals surface area contributed by atoms with Crippen LogP contribution in [0.1, 0.15) is 10.4 Å². The highest BCUT2D eigenvalue weighted by Gasteiger charge is 2.38. The minimum absolute atomic E-state index is 0.185. The summed E-state index contributed by atoms with van der Waals surface area (Å²) in [5.41, 5.74) is 0.816. The number of benzene rings is 2. The van der Waals surface area contributed by atoms with Gasteiger partial charge in [0.25, 0.3) is 5.91 Å². The van der Waals surface area contributed by atoms with Crippen molar-refractivity contribution in [3.63, 3.8) is 0 Å². The van der Waals surface area contributed by atoms with Gasteiger partial charge in [-0.1, -0.05) is 30.3 Å². The van der Waals surface area contributed by atoms with Crippen molar-refractivity contribution < 1.29 is 4.79 Å². The molecule has 0 bridgehead atoms. The smallest absolute Gasteiger partial charge is 0.253 e. The zero-order valence-corrected chi connectivity index (χ0v) is 11.4. The van der Waals surface area contributed by atoms with Gasteiger partial charge in [-0.15, -0.1) is 0 Å². The highest BCUT2D eigenvalue weighted by Crippen LogP contribution is 2.28. The first-order valence-corrected chi connectivity index (χ1v) is 7.30. The zero-order valence-electron chi connectivity index (χ0n) is 11.4. The van der Waals surface area contributed by atoms with E-state index in [1.165, 1.54) is 5.39 Å². The fourth-order valence-corrected chi connectivity index (χ4v) is 3.53. The molecule has 3 heteroatoms. The maximum absolute atomic E-state index is 12.6. The van der Waals surface area contributed by atoms with E-state index in [1.807, 2.05) is 35.2 Å². The van der Waals surface area contributed by atoms with Crippen molar-refractivity contribution in [2.24, 2.45) is 11.8 Å². The van der Waals surface area contributed by atoms with E-state index in [0.717, 1.165) is 37.1 Å². The Hall–Kier alpha value is -1.87. The fourth-order valence-electron chi connectivity index (χ4n) is 3.53. The van der Waals surface area contributed by atoms with E-state index in [1.54, 1.807) is 0 Å². The van der Waals surface area contributed by atoms with Crippen molar-refractivity contribution in [3.8, 4) is 0 Å². The molecule has 3 nitrogen and oxygen atoms in total. The van der Waals surface area contributed by atoms with Crippen LogP contribution < -0.4 is 5.32 Å². The lowest BCUT2D eigenvalue weighted by molar-refractivity contribution is 0.0782. The molecule has 2 aromatic rings. The van der Waals surface area contributed by atoms with Gasteiger partial charge in [0.1, 0.15) is 0 Å². The Kier molecular flexibility index (Phi) is 2.74. The summed E-state index contributed by atoms with van der Waals surface area (Å²) in [6.45, 7) is 3.94. The molecule has 2 aromatic carbocycles. The van der Waals surface area contributed by atoms with E-state index in [0.29, 0.717) is 11.8 Å². The summed E-state index contributed by atoms with van der Waals surface area (Å²) >= 11 is 0. The molecule has 20 heavy (non-hydrogen) atoms. The first-order valence-electron chi connectivity index (χ1n) is 7.30. The molecule has 0 aliphatic carbocycles. The number of carbonyl (C=O) groups excluding carboxylic acids is 1. The molecule has 2 aliphatic rings. The molecule has 0 unspecified atom stereocenters. The third kappa shape index (κ3) is 1.90. The van der Waals surface area contributed by atoms with E-state index < -0.39 is 0 Å². The minimum Gasteiger partial charge on any atom is -0.338 e. The molecule has 0 radical (unpaired) electrons. The van der Waals surface area contributed by atoms with Crippen LogP contribution in [0.3, 0.4) is 0 Å². The molecule has 2 fully saturated rings. The Balaban J connectivity index is 1.61. The third-order valence-corrected chi connectivity index (χ3v) is 4.67. The standard InChI is InChI=1S/C17H18N2O/c20-17(19-10-15-8-18-9-16(15)11-19)14-6-5-12-3-1-2-4-13(12)7-14/h1-7,15-16,18H,8-11H2/t15-,16+. The van der Waals surface area contributed by atoms with Crippen LogP contribution in [0.2, 0.25) is 0 Å². The molecule has 4 rings (SSSR count). The molecule has 2 atom stereocenters. The van der Waals surface area contributed by atoms with Crippen molar-refractivity contribution in [2.45, 2.75) is 0 Å². The molecule has 2 saturated heterocycles.